The van der Waals surface area contributed by atoms with Crippen molar-refractivity contribution in [2.24, 2.45) is 0 Å². The molecule has 0 aliphatic carbocycles. The second-order valence-electron chi connectivity index (χ2n) is 5.96. The number of ether oxygens (including phenoxy) is 3. The summed E-state index contributed by atoms with van der Waals surface area (Å²) in [5.41, 5.74) is 1.73. The number of hydrogen-bond donors (Lipinski definition) is 2. The van der Waals surface area contributed by atoms with E-state index in [0.717, 1.165) is 5.69 Å². The molecule has 1 aliphatic rings. The molecule has 3 aromatic rings. The van der Waals surface area contributed by atoms with Crippen LogP contribution >= 0.6 is 0 Å². The zero-order valence-corrected chi connectivity index (χ0v) is 15.1. The Kier molecular flexibility index (Phi) is 4.92. The molecule has 2 heterocycles. The smallest absolute Gasteiger partial charge is 0.258 e. The van der Waals surface area contributed by atoms with Crippen LogP contribution in [0.4, 0.5) is 17.3 Å². The van der Waals surface area contributed by atoms with Crippen LogP contribution in [0.2, 0.25) is 0 Å². The minimum absolute atomic E-state index is 0.306. The Bertz CT molecular complexity index is 992. The van der Waals surface area contributed by atoms with Gasteiger partial charge >= 0.3 is 0 Å². The molecule has 0 spiro atoms. The SMILES string of the molecule is COc1cccc(NC(=O)c2cnc(Nc3ccc4c(c3)OCCO4)nc2)c1. The van der Waals surface area contributed by atoms with Gasteiger partial charge in [0.1, 0.15) is 19.0 Å². The van der Waals surface area contributed by atoms with Gasteiger partial charge in [0.15, 0.2) is 11.5 Å². The summed E-state index contributed by atoms with van der Waals surface area (Å²) < 4.78 is 16.2. The van der Waals surface area contributed by atoms with Crippen molar-refractivity contribution in [1.29, 1.82) is 0 Å². The molecule has 142 valence electrons. The van der Waals surface area contributed by atoms with Gasteiger partial charge in [-0.25, -0.2) is 9.97 Å². The molecule has 1 amide bonds. The second-order valence-corrected chi connectivity index (χ2v) is 5.96. The van der Waals surface area contributed by atoms with Crippen molar-refractivity contribution >= 4 is 23.2 Å². The number of amides is 1. The number of carbonyl (C=O) groups is 1. The standard InChI is InChI=1S/C20H18N4O4/c1-26-16-4-2-3-14(9-16)23-19(25)13-11-21-20(22-12-13)24-15-5-6-17-18(10-15)28-8-7-27-17/h2-6,9-12H,7-8H2,1H3,(H,23,25)(H,21,22,24). The van der Waals surface area contributed by atoms with Crippen LogP contribution in [0.3, 0.4) is 0 Å². The van der Waals surface area contributed by atoms with Crippen LogP contribution in [0.1, 0.15) is 10.4 Å². The van der Waals surface area contributed by atoms with E-state index < -0.39 is 0 Å². The van der Waals surface area contributed by atoms with E-state index in [9.17, 15) is 4.79 Å². The van der Waals surface area contributed by atoms with Crippen molar-refractivity contribution in [3.8, 4) is 17.2 Å². The van der Waals surface area contributed by atoms with E-state index in [-0.39, 0.29) is 5.91 Å². The summed E-state index contributed by atoms with van der Waals surface area (Å²) in [6.45, 7) is 1.06. The highest BCUT2D eigenvalue weighted by molar-refractivity contribution is 6.04. The topological polar surface area (TPSA) is 94.6 Å². The Balaban J connectivity index is 1.42. The molecule has 0 fully saturated rings. The number of hydrogen-bond acceptors (Lipinski definition) is 7. The van der Waals surface area contributed by atoms with Crippen LogP contribution in [-0.2, 0) is 0 Å². The van der Waals surface area contributed by atoms with Crippen LogP contribution in [0.5, 0.6) is 17.2 Å². The van der Waals surface area contributed by atoms with Gasteiger partial charge in [-0.05, 0) is 24.3 Å². The minimum Gasteiger partial charge on any atom is -0.497 e. The molecule has 8 nitrogen and oxygen atoms in total. The fourth-order valence-corrected chi connectivity index (χ4v) is 2.66. The monoisotopic (exact) mass is 378 g/mol. The van der Waals surface area contributed by atoms with E-state index in [1.165, 1.54) is 12.4 Å². The molecular formula is C20H18N4O4. The Hall–Kier alpha value is -3.81. The van der Waals surface area contributed by atoms with Crippen LogP contribution in [0.25, 0.3) is 0 Å². The molecule has 28 heavy (non-hydrogen) atoms. The number of nitrogens with one attached hydrogen (secondary N) is 2. The normalized spacial score (nSPS) is 12.2. The first-order chi connectivity index (χ1) is 13.7. The van der Waals surface area contributed by atoms with Gasteiger partial charge in [0, 0.05) is 35.9 Å². The van der Waals surface area contributed by atoms with E-state index in [0.29, 0.717) is 47.7 Å². The number of rotatable bonds is 5. The summed E-state index contributed by atoms with van der Waals surface area (Å²) in [6, 6.07) is 12.6. The molecule has 8 heteroatoms. The van der Waals surface area contributed by atoms with Crippen molar-refractivity contribution in [2.45, 2.75) is 0 Å². The number of fused-ring (bicyclic) bond motifs is 1. The highest BCUT2D eigenvalue weighted by Gasteiger charge is 2.13. The van der Waals surface area contributed by atoms with Gasteiger partial charge < -0.3 is 24.8 Å². The lowest BCUT2D eigenvalue weighted by Crippen LogP contribution is -2.15. The summed E-state index contributed by atoms with van der Waals surface area (Å²) in [7, 11) is 1.57. The first-order valence-corrected chi connectivity index (χ1v) is 8.65. The second kappa shape index (κ2) is 7.83. The quantitative estimate of drug-likeness (QED) is 0.704. The van der Waals surface area contributed by atoms with E-state index in [4.69, 9.17) is 14.2 Å². The van der Waals surface area contributed by atoms with Gasteiger partial charge in [-0.1, -0.05) is 6.07 Å². The maximum Gasteiger partial charge on any atom is 0.258 e. The van der Waals surface area contributed by atoms with Crippen LogP contribution in [-0.4, -0.2) is 36.2 Å². The zero-order chi connectivity index (χ0) is 19.3. The predicted octanol–water partition coefficient (Wildman–Crippen LogP) is 3.25. The molecule has 4 rings (SSSR count). The third-order valence-electron chi connectivity index (χ3n) is 4.04. The molecule has 0 radical (unpaired) electrons. The van der Waals surface area contributed by atoms with Gasteiger partial charge in [0.05, 0.1) is 12.7 Å². The fourth-order valence-electron chi connectivity index (χ4n) is 2.66. The lowest BCUT2D eigenvalue weighted by atomic mass is 10.2. The average Bonchev–Trinajstić information content (AvgIpc) is 2.74. The zero-order valence-electron chi connectivity index (χ0n) is 15.1. The van der Waals surface area contributed by atoms with Crippen molar-refractivity contribution in [3.05, 3.63) is 60.4 Å². The Morgan fingerprint density at radius 2 is 1.79 bits per heavy atom. The highest BCUT2D eigenvalue weighted by atomic mass is 16.6. The fraction of sp³-hybridized carbons (Fsp3) is 0.150. The van der Waals surface area contributed by atoms with Gasteiger partial charge in [-0.3, -0.25) is 4.79 Å². The summed E-state index contributed by atoms with van der Waals surface area (Å²) in [5.74, 6) is 2.11. The number of benzene rings is 2. The van der Waals surface area contributed by atoms with Crippen molar-refractivity contribution in [2.75, 3.05) is 31.0 Å². The maximum absolute atomic E-state index is 12.4. The van der Waals surface area contributed by atoms with E-state index >= 15 is 0 Å². The molecule has 2 N–H and O–H groups in total. The number of aromatic nitrogens is 2. The van der Waals surface area contributed by atoms with Gasteiger partial charge in [-0.2, -0.15) is 0 Å². The van der Waals surface area contributed by atoms with E-state index in [2.05, 4.69) is 20.6 Å². The number of nitrogens with zero attached hydrogens (tertiary/aromatic N) is 2. The lowest BCUT2D eigenvalue weighted by molar-refractivity contribution is 0.102. The van der Waals surface area contributed by atoms with Gasteiger partial charge in [0.2, 0.25) is 5.95 Å². The Morgan fingerprint density at radius 1 is 1.00 bits per heavy atom. The summed E-state index contributed by atoms with van der Waals surface area (Å²) in [4.78, 5) is 20.8. The molecular weight excluding hydrogens is 360 g/mol. The van der Waals surface area contributed by atoms with Gasteiger partial charge in [-0.15, -0.1) is 0 Å². The minimum atomic E-state index is -0.306. The third kappa shape index (κ3) is 3.96. The van der Waals surface area contributed by atoms with E-state index in [1.807, 2.05) is 18.2 Å². The number of anilines is 3. The third-order valence-corrected chi connectivity index (χ3v) is 4.04. The summed E-state index contributed by atoms with van der Waals surface area (Å²) in [5, 5.41) is 5.87. The lowest BCUT2D eigenvalue weighted by Gasteiger charge is -2.18. The molecule has 1 aliphatic heterocycles. The predicted molar refractivity (Wildman–Crippen MR) is 104 cm³/mol. The molecule has 0 bridgehead atoms. The highest BCUT2D eigenvalue weighted by Crippen LogP contribution is 2.33. The van der Waals surface area contributed by atoms with Crippen molar-refractivity contribution in [3.63, 3.8) is 0 Å². The van der Waals surface area contributed by atoms with Crippen LogP contribution in [0.15, 0.2) is 54.9 Å². The molecule has 2 aromatic carbocycles. The Labute approximate surface area is 161 Å². The molecule has 0 unspecified atom stereocenters. The number of methoxy groups -OCH3 is 1. The molecule has 0 saturated carbocycles. The average molecular weight is 378 g/mol. The first-order valence-electron chi connectivity index (χ1n) is 8.65. The summed E-state index contributed by atoms with van der Waals surface area (Å²) in [6.07, 6.45) is 2.92. The van der Waals surface area contributed by atoms with Crippen LogP contribution in [0, 0.1) is 0 Å². The van der Waals surface area contributed by atoms with Gasteiger partial charge in [0.25, 0.3) is 5.91 Å². The summed E-state index contributed by atoms with van der Waals surface area (Å²) >= 11 is 0. The molecule has 0 saturated heterocycles. The largest absolute Gasteiger partial charge is 0.497 e. The van der Waals surface area contributed by atoms with Crippen molar-refractivity contribution in [1.82, 2.24) is 9.97 Å². The molecule has 0 atom stereocenters. The molecule has 1 aromatic heterocycles. The van der Waals surface area contributed by atoms with E-state index in [1.54, 1.807) is 31.4 Å². The van der Waals surface area contributed by atoms with Crippen LogP contribution < -0.4 is 24.8 Å². The first kappa shape index (κ1) is 17.6. The number of carbonyl (C=O) groups excluding carboxylic acids is 1. The maximum atomic E-state index is 12.4. The van der Waals surface area contributed by atoms with Crippen molar-refractivity contribution < 1.29 is 19.0 Å². The Morgan fingerprint density at radius 3 is 2.57 bits per heavy atom.